The van der Waals surface area contributed by atoms with Crippen molar-refractivity contribution in [1.82, 2.24) is 0 Å². The molecule has 1 heterocycles. The molecular formula is C24H31N3O2. The Bertz CT molecular complexity index is 895. The molecule has 5 heteroatoms. The maximum atomic E-state index is 12.5. The second-order valence-electron chi connectivity index (χ2n) is 9.00. The van der Waals surface area contributed by atoms with Crippen molar-refractivity contribution in [3.63, 3.8) is 0 Å². The van der Waals surface area contributed by atoms with Crippen molar-refractivity contribution in [2.24, 2.45) is 5.92 Å². The highest BCUT2D eigenvalue weighted by atomic mass is 16.2. The first kappa shape index (κ1) is 20.9. The number of fused-ring (bicyclic) bond motifs is 1. The van der Waals surface area contributed by atoms with Crippen LogP contribution in [-0.4, -0.2) is 18.5 Å². The third-order valence-corrected chi connectivity index (χ3v) is 5.22. The zero-order chi connectivity index (χ0) is 21.2. The molecule has 2 N–H and O–H groups in total. The van der Waals surface area contributed by atoms with E-state index in [0.717, 1.165) is 42.0 Å². The van der Waals surface area contributed by atoms with Gasteiger partial charge in [-0.1, -0.05) is 46.8 Å². The molecular weight excluding hydrogens is 362 g/mol. The minimum atomic E-state index is -0.278. The summed E-state index contributed by atoms with van der Waals surface area (Å²) in [5.74, 6) is 0.109. The monoisotopic (exact) mass is 393 g/mol. The predicted octanol–water partition coefficient (Wildman–Crippen LogP) is 5.56. The predicted molar refractivity (Wildman–Crippen MR) is 120 cm³/mol. The molecule has 0 bridgehead atoms. The van der Waals surface area contributed by atoms with E-state index in [1.165, 1.54) is 5.56 Å². The maximum Gasteiger partial charge on any atom is 0.323 e. The van der Waals surface area contributed by atoms with E-state index in [4.69, 9.17) is 0 Å². The third kappa shape index (κ3) is 4.97. The molecule has 0 saturated carbocycles. The topological polar surface area (TPSA) is 61.4 Å². The number of carbonyl (C=O) groups is 2. The van der Waals surface area contributed by atoms with Crippen molar-refractivity contribution in [2.75, 3.05) is 22.1 Å². The molecule has 5 nitrogen and oxygen atoms in total. The number of hydrogen-bond donors (Lipinski definition) is 2. The second kappa shape index (κ2) is 8.27. The van der Waals surface area contributed by atoms with Gasteiger partial charge < -0.3 is 15.5 Å². The Hall–Kier alpha value is -2.82. The SMILES string of the molecule is CC(C)C(=O)N1CCCc2cc(NC(=O)Nc3ccc(C(C)(C)C)cc3)ccc21. The smallest absolute Gasteiger partial charge is 0.312 e. The first-order valence-corrected chi connectivity index (χ1v) is 10.3. The van der Waals surface area contributed by atoms with Crippen LogP contribution < -0.4 is 15.5 Å². The quantitative estimate of drug-likeness (QED) is 0.717. The largest absolute Gasteiger partial charge is 0.323 e. The molecule has 2 aromatic rings. The molecule has 0 saturated heterocycles. The molecule has 2 aromatic carbocycles. The van der Waals surface area contributed by atoms with Gasteiger partial charge in [0.25, 0.3) is 0 Å². The van der Waals surface area contributed by atoms with Gasteiger partial charge in [-0.15, -0.1) is 0 Å². The Labute approximate surface area is 173 Å². The summed E-state index contributed by atoms with van der Waals surface area (Å²) in [5, 5.41) is 5.78. The van der Waals surface area contributed by atoms with E-state index in [2.05, 4.69) is 31.4 Å². The highest BCUT2D eigenvalue weighted by Gasteiger charge is 2.24. The summed E-state index contributed by atoms with van der Waals surface area (Å²) in [6.07, 6.45) is 1.84. The van der Waals surface area contributed by atoms with Crippen molar-refractivity contribution in [1.29, 1.82) is 0 Å². The van der Waals surface area contributed by atoms with Crippen molar-refractivity contribution in [3.05, 3.63) is 53.6 Å². The summed E-state index contributed by atoms with van der Waals surface area (Å²) in [6, 6.07) is 13.4. The summed E-state index contributed by atoms with van der Waals surface area (Å²) in [5.41, 5.74) is 4.83. The van der Waals surface area contributed by atoms with Crippen molar-refractivity contribution in [3.8, 4) is 0 Å². The van der Waals surface area contributed by atoms with E-state index in [0.29, 0.717) is 0 Å². The molecule has 0 unspecified atom stereocenters. The number of anilines is 3. The summed E-state index contributed by atoms with van der Waals surface area (Å²) in [7, 11) is 0. The van der Waals surface area contributed by atoms with Crippen LogP contribution in [-0.2, 0) is 16.6 Å². The average molecular weight is 394 g/mol. The standard InChI is InChI=1S/C24H31N3O2/c1-16(2)22(28)27-14-6-7-17-15-20(12-13-21(17)27)26-23(29)25-19-10-8-18(9-11-19)24(3,4)5/h8-13,15-16H,6-7,14H2,1-5H3,(H2,25,26,29). The van der Waals surface area contributed by atoms with E-state index < -0.39 is 0 Å². The third-order valence-electron chi connectivity index (χ3n) is 5.22. The van der Waals surface area contributed by atoms with Crippen LogP contribution in [0.5, 0.6) is 0 Å². The van der Waals surface area contributed by atoms with Gasteiger partial charge in [-0.05, 0) is 59.7 Å². The molecule has 1 aliphatic heterocycles. The Balaban J connectivity index is 1.68. The minimum Gasteiger partial charge on any atom is -0.312 e. The van der Waals surface area contributed by atoms with Crippen LogP contribution in [0.3, 0.4) is 0 Å². The minimum absolute atomic E-state index is 0.0331. The van der Waals surface area contributed by atoms with Gasteiger partial charge in [0.1, 0.15) is 0 Å². The second-order valence-corrected chi connectivity index (χ2v) is 9.00. The van der Waals surface area contributed by atoms with E-state index >= 15 is 0 Å². The number of carbonyl (C=O) groups excluding carboxylic acids is 2. The van der Waals surface area contributed by atoms with E-state index in [1.807, 2.05) is 61.2 Å². The normalized spacial score (nSPS) is 13.8. The Morgan fingerprint density at radius 2 is 1.59 bits per heavy atom. The lowest BCUT2D eigenvalue weighted by Gasteiger charge is -2.31. The molecule has 3 rings (SSSR count). The molecule has 0 atom stereocenters. The fraction of sp³-hybridized carbons (Fsp3) is 0.417. The number of benzene rings is 2. The van der Waals surface area contributed by atoms with Gasteiger partial charge in [0.15, 0.2) is 0 Å². The first-order valence-electron chi connectivity index (χ1n) is 10.3. The van der Waals surface area contributed by atoms with Gasteiger partial charge in [-0.2, -0.15) is 0 Å². The van der Waals surface area contributed by atoms with Crippen LogP contribution in [0.4, 0.5) is 21.9 Å². The van der Waals surface area contributed by atoms with E-state index in [1.54, 1.807) is 0 Å². The first-order chi connectivity index (χ1) is 13.6. The van der Waals surface area contributed by atoms with Crippen LogP contribution in [0.15, 0.2) is 42.5 Å². The lowest BCUT2D eigenvalue weighted by molar-refractivity contribution is -0.121. The Morgan fingerprint density at radius 3 is 2.21 bits per heavy atom. The van der Waals surface area contributed by atoms with Gasteiger partial charge in [-0.25, -0.2) is 4.79 Å². The summed E-state index contributed by atoms with van der Waals surface area (Å²) < 4.78 is 0. The average Bonchev–Trinajstić information content (AvgIpc) is 2.66. The number of nitrogens with zero attached hydrogens (tertiary/aromatic N) is 1. The molecule has 0 aliphatic carbocycles. The van der Waals surface area contributed by atoms with Crippen LogP contribution in [0, 0.1) is 5.92 Å². The summed E-state index contributed by atoms with van der Waals surface area (Å²) in [6.45, 7) is 11.1. The zero-order valence-corrected chi connectivity index (χ0v) is 18.0. The van der Waals surface area contributed by atoms with Gasteiger partial charge in [0.05, 0.1) is 0 Å². The van der Waals surface area contributed by atoms with Crippen LogP contribution in [0.25, 0.3) is 0 Å². The van der Waals surface area contributed by atoms with E-state index in [9.17, 15) is 9.59 Å². The van der Waals surface area contributed by atoms with Gasteiger partial charge in [0.2, 0.25) is 5.91 Å². The number of urea groups is 1. The molecule has 29 heavy (non-hydrogen) atoms. The Morgan fingerprint density at radius 1 is 0.966 bits per heavy atom. The van der Waals surface area contributed by atoms with Crippen molar-refractivity contribution in [2.45, 2.75) is 52.9 Å². The molecule has 0 spiro atoms. The maximum absolute atomic E-state index is 12.5. The molecule has 0 fully saturated rings. The van der Waals surface area contributed by atoms with Crippen LogP contribution in [0.2, 0.25) is 0 Å². The lowest BCUT2D eigenvalue weighted by Crippen LogP contribution is -2.38. The zero-order valence-electron chi connectivity index (χ0n) is 18.0. The number of aryl methyl sites for hydroxylation is 1. The summed E-state index contributed by atoms with van der Waals surface area (Å²) >= 11 is 0. The molecule has 0 aromatic heterocycles. The number of nitrogens with one attached hydrogen (secondary N) is 2. The fourth-order valence-electron chi connectivity index (χ4n) is 3.56. The van der Waals surface area contributed by atoms with Gasteiger partial charge in [0, 0.05) is 29.5 Å². The van der Waals surface area contributed by atoms with Gasteiger partial charge >= 0.3 is 6.03 Å². The highest BCUT2D eigenvalue weighted by molar-refractivity contribution is 6.00. The van der Waals surface area contributed by atoms with Crippen molar-refractivity contribution >= 4 is 29.0 Å². The van der Waals surface area contributed by atoms with Crippen LogP contribution >= 0.6 is 0 Å². The number of amides is 3. The number of rotatable bonds is 3. The van der Waals surface area contributed by atoms with E-state index in [-0.39, 0.29) is 23.3 Å². The molecule has 3 amide bonds. The summed E-state index contributed by atoms with van der Waals surface area (Å²) in [4.78, 5) is 26.7. The molecule has 1 aliphatic rings. The van der Waals surface area contributed by atoms with Crippen molar-refractivity contribution < 1.29 is 9.59 Å². The molecule has 154 valence electrons. The number of hydrogen-bond acceptors (Lipinski definition) is 2. The Kier molecular flexibility index (Phi) is 5.96. The van der Waals surface area contributed by atoms with Crippen LogP contribution in [0.1, 0.15) is 52.2 Å². The lowest BCUT2D eigenvalue weighted by atomic mass is 9.87. The molecule has 0 radical (unpaired) electrons. The van der Waals surface area contributed by atoms with Gasteiger partial charge in [-0.3, -0.25) is 4.79 Å². The highest BCUT2D eigenvalue weighted by Crippen LogP contribution is 2.31. The fourth-order valence-corrected chi connectivity index (χ4v) is 3.56.